The van der Waals surface area contributed by atoms with Crippen LogP contribution in [0.15, 0.2) is 53.7 Å². The summed E-state index contributed by atoms with van der Waals surface area (Å²) in [5.41, 5.74) is 2.54. The molecule has 3 aromatic rings. The monoisotopic (exact) mass is 469 g/mol. The first-order valence-corrected chi connectivity index (χ1v) is 11.2. The van der Waals surface area contributed by atoms with Gasteiger partial charge in [-0.05, 0) is 11.1 Å². The highest BCUT2D eigenvalue weighted by atomic mass is 19.1. The Morgan fingerprint density at radius 1 is 1.24 bits per heavy atom. The number of rotatable bonds is 9. The van der Waals surface area contributed by atoms with E-state index >= 15 is 0 Å². The molecule has 1 aromatic carbocycles. The maximum absolute atomic E-state index is 14.2. The second-order valence-corrected chi connectivity index (χ2v) is 8.31. The van der Waals surface area contributed by atoms with E-state index in [0.29, 0.717) is 38.4 Å². The van der Waals surface area contributed by atoms with Crippen LogP contribution in [0.4, 0.5) is 4.39 Å². The van der Waals surface area contributed by atoms with Crippen LogP contribution < -0.4 is 5.43 Å². The summed E-state index contributed by atoms with van der Waals surface area (Å²) < 4.78 is 27.8. The van der Waals surface area contributed by atoms with Crippen LogP contribution in [0.5, 0.6) is 0 Å². The lowest BCUT2D eigenvalue weighted by atomic mass is 10.0. The number of alkyl halides is 1. The third-order valence-electron chi connectivity index (χ3n) is 5.53. The molecular formula is C24H28FN5O4. The molecule has 9 nitrogen and oxygen atoms in total. The van der Waals surface area contributed by atoms with Gasteiger partial charge in [0.05, 0.1) is 32.0 Å². The normalized spacial score (nSPS) is 15.2. The van der Waals surface area contributed by atoms with Gasteiger partial charge >= 0.3 is 5.97 Å². The molecule has 1 aliphatic heterocycles. The minimum Gasteiger partial charge on any atom is -0.462 e. The molecule has 0 aliphatic carbocycles. The van der Waals surface area contributed by atoms with Gasteiger partial charge in [0, 0.05) is 45.4 Å². The van der Waals surface area contributed by atoms with Crippen molar-refractivity contribution < 1.29 is 18.7 Å². The first-order valence-electron chi connectivity index (χ1n) is 11.2. The molecule has 0 spiro atoms. The molecule has 180 valence electrons. The molecule has 0 N–H and O–H groups in total. The number of benzene rings is 1. The van der Waals surface area contributed by atoms with E-state index in [9.17, 15) is 14.0 Å². The zero-order valence-corrected chi connectivity index (χ0v) is 19.1. The number of ether oxygens (including phenoxy) is 2. The Balaban J connectivity index is 1.33. The van der Waals surface area contributed by atoms with E-state index in [1.807, 2.05) is 23.1 Å². The van der Waals surface area contributed by atoms with Crippen LogP contribution in [0.3, 0.4) is 0 Å². The van der Waals surface area contributed by atoms with Crippen molar-refractivity contribution in [2.45, 2.75) is 19.0 Å². The number of carbonyl (C=O) groups excluding carboxylic acids is 1. The molecule has 0 amide bonds. The first kappa shape index (κ1) is 23.8. The molecule has 0 bridgehead atoms. The fraction of sp³-hybridized carbons (Fsp3) is 0.417. The van der Waals surface area contributed by atoms with Gasteiger partial charge in [-0.1, -0.05) is 24.3 Å². The fourth-order valence-electron chi connectivity index (χ4n) is 3.80. The third kappa shape index (κ3) is 6.58. The highest BCUT2D eigenvalue weighted by molar-refractivity contribution is 5.72. The van der Waals surface area contributed by atoms with Gasteiger partial charge in [-0.15, -0.1) is 0 Å². The standard InChI is InChI=1S/C24H28FN5O4/c1-28-16-21(14-26-28)30-6-5-23(31)22(27-30)12-18-3-2-4-19(11-18)13-24(32)34-17-20(25)15-29-7-9-33-10-8-29/h2-6,11,14,16,20H,7-10,12-13,15,17H2,1H3. The number of aryl methyl sites for hydroxylation is 1. The van der Waals surface area contributed by atoms with Crippen molar-refractivity contribution in [3.05, 3.63) is 76.0 Å². The maximum atomic E-state index is 14.2. The molecule has 1 aliphatic rings. The summed E-state index contributed by atoms with van der Waals surface area (Å²) in [7, 11) is 1.81. The second kappa shape index (κ2) is 11.2. The number of carbonyl (C=O) groups is 1. The summed E-state index contributed by atoms with van der Waals surface area (Å²) in [5.74, 6) is -0.487. The van der Waals surface area contributed by atoms with Crippen LogP contribution >= 0.6 is 0 Å². The Morgan fingerprint density at radius 3 is 2.79 bits per heavy atom. The highest BCUT2D eigenvalue weighted by Gasteiger charge is 2.18. The molecule has 0 saturated carbocycles. The van der Waals surface area contributed by atoms with Crippen LogP contribution in [-0.2, 0) is 34.2 Å². The molecule has 1 atom stereocenters. The summed E-state index contributed by atoms with van der Waals surface area (Å²) in [6.07, 6.45) is 4.17. The number of hydrogen-bond donors (Lipinski definition) is 0. The molecule has 34 heavy (non-hydrogen) atoms. The van der Waals surface area contributed by atoms with Crippen molar-refractivity contribution in [1.29, 1.82) is 0 Å². The van der Waals surface area contributed by atoms with Crippen molar-refractivity contribution >= 4 is 5.97 Å². The lowest BCUT2D eigenvalue weighted by Crippen LogP contribution is -2.41. The zero-order valence-electron chi connectivity index (χ0n) is 19.1. The van der Waals surface area contributed by atoms with E-state index in [1.165, 1.54) is 6.07 Å². The molecule has 4 rings (SSSR count). The molecule has 1 saturated heterocycles. The Kier molecular flexibility index (Phi) is 7.81. The van der Waals surface area contributed by atoms with E-state index in [2.05, 4.69) is 10.2 Å². The Labute approximate surface area is 196 Å². The van der Waals surface area contributed by atoms with Gasteiger partial charge in [-0.3, -0.25) is 19.2 Å². The number of esters is 1. The minimum absolute atomic E-state index is 0.0280. The number of nitrogens with zero attached hydrogens (tertiary/aromatic N) is 5. The topological polar surface area (TPSA) is 91.5 Å². The zero-order chi connectivity index (χ0) is 23.9. The molecule has 10 heteroatoms. The average molecular weight is 470 g/mol. The van der Waals surface area contributed by atoms with E-state index in [1.54, 1.807) is 41.1 Å². The molecular weight excluding hydrogens is 441 g/mol. The van der Waals surface area contributed by atoms with Gasteiger partial charge in [0.1, 0.15) is 24.2 Å². The summed E-state index contributed by atoms with van der Waals surface area (Å²) in [5, 5.41) is 8.57. The Bertz CT molecular complexity index is 1170. The molecule has 3 heterocycles. The summed E-state index contributed by atoms with van der Waals surface area (Å²) in [4.78, 5) is 26.6. The van der Waals surface area contributed by atoms with Crippen molar-refractivity contribution in [2.24, 2.45) is 7.05 Å². The predicted molar refractivity (Wildman–Crippen MR) is 123 cm³/mol. The Morgan fingerprint density at radius 2 is 2.03 bits per heavy atom. The third-order valence-corrected chi connectivity index (χ3v) is 5.53. The van der Waals surface area contributed by atoms with Crippen LogP contribution in [0.2, 0.25) is 0 Å². The predicted octanol–water partition coefficient (Wildman–Crippen LogP) is 1.31. The van der Waals surface area contributed by atoms with Gasteiger partial charge in [-0.25, -0.2) is 9.07 Å². The molecule has 1 fully saturated rings. The summed E-state index contributed by atoms with van der Waals surface area (Å²) in [6, 6.07) is 8.80. The van der Waals surface area contributed by atoms with Crippen molar-refractivity contribution in [3.8, 4) is 5.69 Å². The second-order valence-electron chi connectivity index (χ2n) is 8.31. The van der Waals surface area contributed by atoms with E-state index in [0.717, 1.165) is 16.8 Å². The highest BCUT2D eigenvalue weighted by Crippen LogP contribution is 2.11. The van der Waals surface area contributed by atoms with E-state index in [-0.39, 0.29) is 25.0 Å². The maximum Gasteiger partial charge on any atom is 0.310 e. The SMILES string of the molecule is Cn1cc(-n2ccc(=O)c(Cc3cccc(CC(=O)OCC(F)CN4CCOCC4)c3)n2)cn1. The molecule has 2 aromatic heterocycles. The average Bonchev–Trinajstić information content (AvgIpc) is 3.26. The lowest BCUT2D eigenvalue weighted by molar-refractivity contribution is -0.144. The van der Waals surface area contributed by atoms with Crippen molar-refractivity contribution in [3.63, 3.8) is 0 Å². The van der Waals surface area contributed by atoms with Crippen molar-refractivity contribution in [2.75, 3.05) is 39.5 Å². The van der Waals surface area contributed by atoms with Crippen LogP contribution in [0.1, 0.15) is 16.8 Å². The van der Waals surface area contributed by atoms with Gasteiger partial charge in [-0.2, -0.15) is 10.2 Å². The van der Waals surface area contributed by atoms with Gasteiger partial charge in [0.25, 0.3) is 0 Å². The first-order chi connectivity index (χ1) is 16.5. The quantitative estimate of drug-likeness (QED) is 0.437. The largest absolute Gasteiger partial charge is 0.462 e. The Hall–Kier alpha value is -3.37. The fourth-order valence-corrected chi connectivity index (χ4v) is 3.80. The van der Waals surface area contributed by atoms with Crippen LogP contribution in [0, 0.1) is 0 Å². The molecule has 0 radical (unpaired) electrons. The summed E-state index contributed by atoms with van der Waals surface area (Å²) in [6.45, 7) is 2.53. The van der Waals surface area contributed by atoms with Crippen molar-refractivity contribution in [1.82, 2.24) is 24.5 Å². The number of aromatic nitrogens is 4. The van der Waals surface area contributed by atoms with Gasteiger partial charge in [0.15, 0.2) is 0 Å². The number of halogens is 1. The van der Waals surface area contributed by atoms with Crippen LogP contribution in [-0.4, -0.2) is 76.1 Å². The smallest absolute Gasteiger partial charge is 0.310 e. The summed E-state index contributed by atoms with van der Waals surface area (Å²) >= 11 is 0. The van der Waals surface area contributed by atoms with Crippen LogP contribution in [0.25, 0.3) is 5.69 Å². The number of morpholine rings is 1. The van der Waals surface area contributed by atoms with Gasteiger partial charge < -0.3 is 9.47 Å². The van der Waals surface area contributed by atoms with E-state index < -0.39 is 12.1 Å². The van der Waals surface area contributed by atoms with Gasteiger partial charge in [0.2, 0.25) is 5.43 Å². The lowest BCUT2D eigenvalue weighted by Gasteiger charge is -2.27. The number of hydrogen-bond acceptors (Lipinski definition) is 7. The molecule has 1 unspecified atom stereocenters. The minimum atomic E-state index is -1.24. The van der Waals surface area contributed by atoms with E-state index in [4.69, 9.17) is 9.47 Å².